The molecule has 2 aromatic carbocycles. The van der Waals surface area contributed by atoms with Gasteiger partial charge >= 0.3 is 0 Å². The van der Waals surface area contributed by atoms with Crippen LogP contribution in [0.5, 0.6) is 0 Å². The highest BCUT2D eigenvalue weighted by Crippen LogP contribution is 2.23. The third-order valence-electron chi connectivity index (χ3n) is 2.61. The number of nitrogens with one attached hydrogen (secondary N) is 1. The molecular weight excluding hydrogens is 198 g/mol. The van der Waals surface area contributed by atoms with E-state index in [2.05, 4.69) is 34.2 Å². The second kappa shape index (κ2) is 3.38. The van der Waals surface area contributed by atoms with Crippen LogP contribution in [0.25, 0.3) is 22.2 Å². The first-order chi connectivity index (χ1) is 7.83. The van der Waals surface area contributed by atoms with Crippen molar-refractivity contribution in [3.8, 4) is 11.1 Å². The third kappa shape index (κ3) is 1.42. The number of hydrogen-bond donors (Lipinski definition) is 2. The average Bonchev–Trinajstić information content (AvgIpc) is 2.69. The monoisotopic (exact) mass is 209 g/mol. The largest absolute Gasteiger partial charge is 0.369 e. The van der Waals surface area contributed by atoms with Gasteiger partial charge in [-0.05, 0) is 23.3 Å². The fourth-order valence-electron chi connectivity index (χ4n) is 1.84. The van der Waals surface area contributed by atoms with Gasteiger partial charge in [0.1, 0.15) is 0 Å². The minimum absolute atomic E-state index is 0.459. The highest BCUT2D eigenvalue weighted by Gasteiger charge is 2.02. The van der Waals surface area contributed by atoms with Crippen LogP contribution in [0.4, 0.5) is 5.95 Å². The highest BCUT2D eigenvalue weighted by molar-refractivity contribution is 5.83. The summed E-state index contributed by atoms with van der Waals surface area (Å²) >= 11 is 0. The zero-order valence-corrected chi connectivity index (χ0v) is 8.64. The summed E-state index contributed by atoms with van der Waals surface area (Å²) in [6.45, 7) is 0. The molecule has 16 heavy (non-hydrogen) atoms. The standard InChI is InChI=1S/C13H11N3/c14-13-15-11-7-6-10(8-12(11)16-13)9-4-2-1-3-5-9/h1-8H,(H3,14,15,16). The first-order valence-electron chi connectivity index (χ1n) is 5.13. The van der Waals surface area contributed by atoms with Crippen molar-refractivity contribution in [3.63, 3.8) is 0 Å². The van der Waals surface area contributed by atoms with Gasteiger partial charge in [0.25, 0.3) is 0 Å². The lowest BCUT2D eigenvalue weighted by Crippen LogP contribution is -1.84. The van der Waals surface area contributed by atoms with Crippen LogP contribution in [0.3, 0.4) is 0 Å². The summed E-state index contributed by atoms with van der Waals surface area (Å²) in [4.78, 5) is 7.21. The SMILES string of the molecule is Nc1nc2ccc(-c3ccccc3)cc2[nH]1. The van der Waals surface area contributed by atoms with E-state index < -0.39 is 0 Å². The number of aromatic amines is 1. The number of anilines is 1. The Bertz CT molecular complexity index is 626. The quantitative estimate of drug-likeness (QED) is 0.647. The van der Waals surface area contributed by atoms with Gasteiger partial charge in [-0.15, -0.1) is 0 Å². The van der Waals surface area contributed by atoms with E-state index in [4.69, 9.17) is 5.73 Å². The molecule has 0 aliphatic rings. The third-order valence-corrected chi connectivity index (χ3v) is 2.61. The molecular formula is C13H11N3. The van der Waals surface area contributed by atoms with Crippen LogP contribution in [-0.4, -0.2) is 9.97 Å². The van der Waals surface area contributed by atoms with Gasteiger partial charge < -0.3 is 10.7 Å². The maximum atomic E-state index is 5.61. The van der Waals surface area contributed by atoms with Gasteiger partial charge in [0.05, 0.1) is 11.0 Å². The maximum absolute atomic E-state index is 5.61. The Morgan fingerprint density at radius 2 is 1.75 bits per heavy atom. The van der Waals surface area contributed by atoms with Crippen LogP contribution < -0.4 is 5.73 Å². The Balaban J connectivity index is 2.18. The fraction of sp³-hybridized carbons (Fsp3) is 0. The molecule has 0 atom stereocenters. The van der Waals surface area contributed by atoms with Gasteiger partial charge in [0, 0.05) is 0 Å². The number of fused-ring (bicyclic) bond motifs is 1. The molecule has 3 rings (SSSR count). The number of H-pyrrole nitrogens is 1. The van der Waals surface area contributed by atoms with Crippen molar-refractivity contribution in [2.24, 2.45) is 0 Å². The van der Waals surface area contributed by atoms with Gasteiger partial charge in [-0.2, -0.15) is 0 Å². The van der Waals surface area contributed by atoms with E-state index in [0.29, 0.717) is 5.95 Å². The van der Waals surface area contributed by atoms with Crippen molar-refractivity contribution in [2.45, 2.75) is 0 Å². The minimum atomic E-state index is 0.459. The zero-order chi connectivity index (χ0) is 11.0. The molecule has 0 spiro atoms. The van der Waals surface area contributed by atoms with E-state index in [9.17, 15) is 0 Å². The Morgan fingerprint density at radius 3 is 2.56 bits per heavy atom. The smallest absolute Gasteiger partial charge is 0.198 e. The minimum Gasteiger partial charge on any atom is -0.369 e. The first-order valence-corrected chi connectivity index (χ1v) is 5.13. The number of nitrogens with two attached hydrogens (primary N) is 1. The van der Waals surface area contributed by atoms with E-state index in [0.717, 1.165) is 16.6 Å². The van der Waals surface area contributed by atoms with E-state index in [1.54, 1.807) is 0 Å². The first kappa shape index (κ1) is 8.97. The van der Waals surface area contributed by atoms with Crippen molar-refractivity contribution in [1.29, 1.82) is 0 Å². The molecule has 0 saturated heterocycles. The van der Waals surface area contributed by atoms with Crippen molar-refractivity contribution in [1.82, 2.24) is 9.97 Å². The molecule has 0 amide bonds. The normalized spacial score (nSPS) is 10.8. The lowest BCUT2D eigenvalue weighted by atomic mass is 10.1. The van der Waals surface area contributed by atoms with Crippen LogP contribution in [0.2, 0.25) is 0 Å². The van der Waals surface area contributed by atoms with Crippen LogP contribution in [0.1, 0.15) is 0 Å². The number of nitrogens with zero attached hydrogens (tertiary/aromatic N) is 1. The molecule has 3 N–H and O–H groups in total. The number of benzene rings is 2. The maximum Gasteiger partial charge on any atom is 0.198 e. The van der Waals surface area contributed by atoms with Crippen LogP contribution in [-0.2, 0) is 0 Å². The summed E-state index contributed by atoms with van der Waals surface area (Å²) in [5.41, 5.74) is 9.84. The van der Waals surface area contributed by atoms with Crippen molar-refractivity contribution in [2.75, 3.05) is 5.73 Å². The Labute approximate surface area is 92.9 Å². The van der Waals surface area contributed by atoms with Gasteiger partial charge in [-0.1, -0.05) is 36.4 Å². The Kier molecular flexibility index (Phi) is 1.90. The molecule has 0 aliphatic carbocycles. The Morgan fingerprint density at radius 1 is 0.938 bits per heavy atom. The molecule has 0 radical (unpaired) electrons. The summed E-state index contributed by atoms with van der Waals surface area (Å²) in [6.07, 6.45) is 0. The van der Waals surface area contributed by atoms with E-state index >= 15 is 0 Å². The molecule has 0 aliphatic heterocycles. The molecule has 0 fully saturated rings. The summed E-state index contributed by atoms with van der Waals surface area (Å²) in [5, 5.41) is 0. The molecule has 0 bridgehead atoms. The predicted molar refractivity (Wildman–Crippen MR) is 65.9 cm³/mol. The van der Waals surface area contributed by atoms with E-state index in [1.165, 1.54) is 5.56 Å². The summed E-state index contributed by atoms with van der Waals surface area (Å²) in [6, 6.07) is 16.3. The Hall–Kier alpha value is -2.29. The molecule has 3 heteroatoms. The van der Waals surface area contributed by atoms with Crippen molar-refractivity contribution < 1.29 is 0 Å². The summed E-state index contributed by atoms with van der Waals surface area (Å²) in [7, 11) is 0. The lowest BCUT2D eigenvalue weighted by Gasteiger charge is -2.00. The molecule has 0 unspecified atom stereocenters. The highest BCUT2D eigenvalue weighted by atomic mass is 15.0. The van der Waals surface area contributed by atoms with Crippen molar-refractivity contribution in [3.05, 3.63) is 48.5 Å². The number of nitrogen functional groups attached to an aromatic ring is 1. The summed E-state index contributed by atoms with van der Waals surface area (Å²) in [5.74, 6) is 0.459. The average molecular weight is 209 g/mol. The van der Waals surface area contributed by atoms with Crippen LogP contribution >= 0.6 is 0 Å². The number of aromatic nitrogens is 2. The predicted octanol–water partition coefficient (Wildman–Crippen LogP) is 2.81. The van der Waals surface area contributed by atoms with E-state index in [1.807, 2.05) is 24.3 Å². The molecule has 3 nitrogen and oxygen atoms in total. The van der Waals surface area contributed by atoms with Crippen LogP contribution in [0, 0.1) is 0 Å². The molecule has 1 heterocycles. The second-order valence-corrected chi connectivity index (χ2v) is 3.72. The van der Waals surface area contributed by atoms with Gasteiger partial charge in [-0.25, -0.2) is 4.98 Å². The second-order valence-electron chi connectivity index (χ2n) is 3.72. The molecule has 0 saturated carbocycles. The lowest BCUT2D eigenvalue weighted by molar-refractivity contribution is 1.35. The van der Waals surface area contributed by atoms with E-state index in [-0.39, 0.29) is 0 Å². The van der Waals surface area contributed by atoms with Gasteiger partial charge in [-0.3, -0.25) is 0 Å². The van der Waals surface area contributed by atoms with Crippen molar-refractivity contribution >= 4 is 17.0 Å². The molecule has 3 aromatic rings. The zero-order valence-electron chi connectivity index (χ0n) is 8.64. The van der Waals surface area contributed by atoms with Crippen LogP contribution in [0.15, 0.2) is 48.5 Å². The molecule has 1 aromatic heterocycles. The summed E-state index contributed by atoms with van der Waals surface area (Å²) < 4.78 is 0. The molecule has 78 valence electrons. The number of rotatable bonds is 1. The number of hydrogen-bond acceptors (Lipinski definition) is 2. The van der Waals surface area contributed by atoms with Gasteiger partial charge in [0.2, 0.25) is 0 Å². The van der Waals surface area contributed by atoms with Gasteiger partial charge in [0.15, 0.2) is 5.95 Å². The fourth-order valence-corrected chi connectivity index (χ4v) is 1.84. The topological polar surface area (TPSA) is 54.7 Å². The number of imidazole rings is 1.